The monoisotopic (exact) mass is 395 g/mol. The number of rotatable bonds is 6. The van der Waals surface area contributed by atoms with Gasteiger partial charge >= 0.3 is 0 Å². The van der Waals surface area contributed by atoms with E-state index in [0.29, 0.717) is 25.9 Å². The summed E-state index contributed by atoms with van der Waals surface area (Å²) in [5, 5.41) is 22.9. The molecule has 3 aromatic rings. The minimum Gasteiger partial charge on any atom is -0.396 e. The topological polar surface area (TPSA) is 69.5 Å². The SMILES string of the molecule is OC[C@@]1(Cc2ccccc2)CN(Cc2cnc(-c3cccs3)nc2)CC[C@@H]1O. The van der Waals surface area contributed by atoms with Gasteiger partial charge in [-0.15, -0.1) is 11.3 Å². The van der Waals surface area contributed by atoms with Crippen molar-refractivity contribution in [3.63, 3.8) is 0 Å². The smallest absolute Gasteiger partial charge is 0.169 e. The first kappa shape index (κ1) is 19.2. The van der Waals surface area contributed by atoms with Crippen LogP contribution in [-0.2, 0) is 13.0 Å². The summed E-state index contributed by atoms with van der Waals surface area (Å²) < 4.78 is 0. The first-order chi connectivity index (χ1) is 13.7. The van der Waals surface area contributed by atoms with Crippen LogP contribution in [0.3, 0.4) is 0 Å². The Kier molecular flexibility index (Phi) is 5.82. The lowest BCUT2D eigenvalue weighted by Gasteiger charge is -2.45. The average molecular weight is 396 g/mol. The van der Waals surface area contributed by atoms with Crippen molar-refractivity contribution in [3.05, 3.63) is 71.4 Å². The highest BCUT2D eigenvalue weighted by molar-refractivity contribution is 7.13. The Morgan fingerprint density at radius 2 is 1.86 bits per heavy atom. The van der Waals surface area contributed by atoms with E-state index in [1.165, 1.54) is 0 Å². The van der Waals surface area contributed by atoms with Crippen molar-refractivity contribution in [2.45, 2.75) is 25.5 Å². The van der Waals surface area contributed by atoms with Gasteiger partial charge in [-0.3, -0.25) is 4.90 Å². The highest BCUT2D eigenvalue weighted by atomic mass is 32.1. The zero-order chi connectivity index (χ0) is 19.4. The number of benzene rings is 1. The Balaban J connectivity index is 1.46. The summed E-state index contributed by atoms with van der Waals surface area (Å²) in [5.74, 6) is 0.751. The number of piperidine rings is 1. The van der Waals surface area contributed by atoms with E-state index in [9.17, 15) is 10.2 Å². The third-order valence-corrected chi connectivity index (χ3v) is 6.40. The predicted molar refractivity (Wildman–Crippen MR) is 111 cm³/mol. The molecule has 146 valence electrons. The number of thiophene rings is 1. The van der Waals surface area contributed by atoms with E-state index in [2.05, 4.69) is 27.0 Å². The molecular weight excluding hydrogens is 370 g/mol. The maximum Gasteiger partial charge on any atom is 0.169 e. The van der Waals surface area contributed by atoms with Gasteiger partial charge in [0.25, 0.3) is 0 Å². The van der Waals surface area contributed by atoms with Crippen molar-refractivity contribution in [2.24, 2.45) is 5.41 Å². The van der Waals surface area contributed by atoms with Crippen molar-refractivity contribution >= 4 is 11.3 Å². The molecule has 1 aliphatic heterocycles. The van der Waals surface area contributed by atoms with Gasteiger partial charge in [0.15, 0.2) is 5.82 Å². The number of hydrogen-bond donors (Lipinski definition) is 2. The van der Waals surface area contributed by atoms with Gasteiger partial charge in [-0.2, -0.15) is 0 Å². The van der Waals surface area contributed by atoms with E-state index in [4.69, 9.17) is 0 Å². The van der Waals surface area contributed by atoms with Crippen LogP contribution >= 0.6 is 11.3 Å². The molecule has 28 heavy (non-hydrogen) atoms. The lowest BCUT2D eigenvalue weighted by atomic mass is 9.73. The Hall–Kier alpha value is -2.12. The van der Waals surface area contributed by atoms with Crippen LogP contribution in [0.15, 0.2) is 60.2 Å². The van der Waals surface area contributed by atoms with Crippen molar-refractivity contribution < 1.29 is 10.2 Å². The van der Waals surface area contributed by atoms with Crippen LogP contribution in [-0.4, -0.2) is 50.9 Å². The zero-order valence-corrected chi connectivity index (χ0v) is 16.6. The molecule has 6 heteroatoms. The maximum atomic E-state index is 10.7. The Morgan fingerprint density at radius 1 is 1.07 bits per heavy atom. The lowest BCUT2D eigenvalue weighted by Crippen LogP contribution is -2.54. The highest BCUT2D eigenvalue weighted by Gasteiger charge is 2.42. The third-order valence-electron chi connectivity index (χ3n) is 5.53. The summed E-state index contributed by atoms with van der Waals surface area (Å²) in [5.41, 5.74) is 1.64. The molecule has 3 heterocycles. The summed E-state index contributed by atoms with van der Waals surface area (Å²) in [7, 11) is 0. The fraction of sp³-hybridized carbons (Fsp3) is 0.364. The van der Waals surface area contributed by atoms with Gasteiger partial charge in [-0.25, -0.2) is 9.97 Å². The molecule has 0 aliphatic carbocycles. The standard InChI is InChI=1S/C22H25N3O2S/c26-16-22(11-17-5-2-1-3-6-17)15-25(9-8-20(22)27)14-18-12-23-21(24-13-18)19-7-4-10-28-19/h1-7,10,12-13,20,26-27H,8-9,11,14-16H2/t20-,22+/m0/s1. The molecule has 1 aromatic carbocycles. The summed E-state index contributed by atoms with van der Waals surface area (Å²) >= 11 is 1.63. The largest absolute Gasteiger partial charge is 0.396 e. The molecule has 5 nitrogen and oxygen atoms in total. The summed E-state index contributed by atoms with van der Waals surface area (Å²) in [6, 6.07) is 14.1. The van der Waals surface area contributed by atoms with E-state index >= 15 is 0 Å². The van der Waals surface area contributed by atoms with Crippen molar-refractivity contribution in [3.8, 4) is 10.7 Å². The van der Waals surface area contributed by atoms with Gasteiger partial charge in [-0.05, 0) is 29.9 Å². The van der Waals surface area contributed by atoms with Crippen molar-refractivity contribution in [2.75, 3.05) is 19.7 Å². The Morgan fingerprint density at radius 3 is 2.54 bits per heavy atom. The van der Waals surface area contributed by atoms with Crippen LogP contribution in [0.4, 0.5) is 0 Å². The Bertz CT molecular complexity index is 871. The molecule has 0 unspecified atom stereocenters. The molecule has 1 saturated heterocycles. The van der Waals surface area contributed by atoms with Crippen LogP contribution in [0.25, 0.3) is 10.7 Å². The van der Waals surface area contributed by atoms with Gasteiger partial charge in [0.1, 0.15) is 0 Å². The summed E-state index contributed by atoms with van der Waals surface area (Å²) in [4.78, 5) is 12.4. The van der Waals surface area contributed by atoms with Gasteiger partial charge < -0.3 is 10.2 Å². The minimum atomic E-state index is -0.544. The maximum absolute atomic E-state index is 10.7. The zero-order valence-electron chi connectivity index (χ0n) is 15.7. The lowest BCUT2D eigenvalue weighted by molar-refractivity contribution is -0.0768. The van der Waals surface area contributed by atoms with Crippen LogP contribution in [0.1, 0.15) is 17.5 Å². The Labute approximate surface area is 169 Å². The van der Waals surface area contributed by atoms with E-state index < -0.39 is 11.5 Å². The molecule has 0 bridgehead atoms. The van der Waals surface area contributed by atoms with E-state index in [0.717, 1.165) is 28.4 Å². The first-order valence-electron chi connectivity index (χ1n) is 9.58. The van der Waals surface area contributed by atoms with E-state index in [1.54, 1.807) is 11.3 Å². The fourth-order valence-electron chi connectivity index (χ4n) is 3.99. The molecule has 2 N–H and O–H groups in total. The van der Waals surface area contributed by atoms with Gasteiger partial charge in [0.05, 0.1) is 17.6 Å². The quantitative estimate of drug-likeness (QED) is 0.672. The van der Waals surface area contributed by atoms with Crippen LogP contribution in [0.2, 0.25) is 0 Å². The number of nitrogens with zero attached hydrogens (tertiary/aromatic N) is 3. The molecule has 0 amide bonds. The van der Waals surface area contributed by atoms with E-state index in [1.807, 2.05) is 48.1 Å². The normalized spacial score (nSPS) is 23.0. The molecular formula is C22H25N3O2S. The number of aliphatic hydroxyl groups is 2. The second kappa shape index (κ2) is 8.49. The number of hydrogen-bond acceptors (Lipinski definition) is 6. The number of likely N-dealkylation sites (tertiary alicyclic amines) is 1. The molecule has 1 fully saturated rings. The van der Waals surface area contributed by atoms with Gasteiger partial charge in [0.2, 0.25) is 0 Å². The second-order valence-corrected chi connectivity index (χ2v) is 8.54. The second-order valence-electron chi connectivity index (χ2n) is 7.59. The number of aliphatic hydroxyl groups excluding tert-OH is 2. The van der Waals surface area contributed by atoms with Crippen molar-refractivity contribution in [1.29, 1.82) is 0 Å². The van der Waals surface area contributed by atoms with Crippen LogP contribution in [0, 0.1) is 5.41 Å². The van der Waals surface area contributed by atoms with Crippen LogP contribution in [0.5, 0.6) is 0 Å². The molecule has 0 radical (unpaired) electrons. The fourth-order valence-corrected chi connectivity index (χ4v) is 4.66. The molecule has 0 spiro atoms. The van der Waals surface area contributed by atoms with E-state index in [-0.39, 0.29) is 6.61 Å². The summed E-state index contributed by atoms with van der Waals surface area (Å²) in [6.07, 6.45) is 4.57. The molecule has 1 aliphatic rings. The molecule has 2 atom stereocenters. The third kappa shape index (κ3) is 4.15. The molecule has 4 rings (SSSR count). The average Bonchev–Trinajstić information content (AvgIpc) is 3.27. The van der Waals surface area contributed by atoms with Gasteiger partial charge in [0, 0.05) is 43.0 Å². The van der Waals surface area contributed by atoms with Gasteiger partial charge in [-0.1, -0.05) is 36.4 Å². The van der Waals surface area contributed by atoms with Crippen molar-refractivity contribution in [1.82, 2.24) is 14.9 Å². The summed E-state index contributed by atoms with van der Waals surface area (Å²) in [6.45, 7) is 2.12. The molecule has 0 saturated carbocycles. The highest BCUT2D eigenvalue weighted by Crippen LogP contribution is 2.34. The van der Waals surface area contributed by atoms with Crippen LogP contribution < -0.4 is 0 Å². The molecule has 2 aromatic heterocycles. The minimum absolute atomic E-state index is 0.0343. The first-order valence-corrected chi connectivity index (χ1v) is 10.5. The number of aromatic nitrogens is 2. The predicted octanol–water partition coefficient (Wildman–Crippen LogP) is 2.99.